The molecule has 7 rings (SSSR count). The van der Waals surface area contributed by atoms with E-state index in [1.54, 1.807) is 24.3 Å². The van der Waals surface area contributed by atoms with Crippen molar-refractivity contribution in [3.8, 4) is 5.75 Å². The summed E-state index contributed by atoms with van der Waals surface area (Å²) in [5, 5.41) is 11.0. The third-order valence-corrected chi connectivity index (χ3v) is 12.0. The summed E-state index contributed by atoms with van der Waals surface area (Å²) in [6, 6.07) is 10.2. The topological polar surface area (TPSA) is 95.0 Å². The van der Waals surface area contributed by atoms with Crippen molar-refractivity contribution in [1.82, 2.24) is 0 Å². The highest BCUT2D eigenvalue weighted by atomic mass is 127. The second-order valence-corrected chi connectivity index (χ2v) is 14.8. The number of amides is 4. The van der Waals surface area contributed by atoms with Gasteiger partial charge in [0.25, 0.3) is 11.8 Å². The molecule has 48 heavy (non-hydrogen) atoms. The lowest BCUT2D eigenvalue weighted by molar-refractivity contribution is -0.125. The van der Waals surface area contributed by atoms with Crippen molar-refractivity contribution in [3.63, 3.8) is 0 Å². The smallest absolute Gasteiger partial charge is 0.258 e. The van der Waals surface area contributed by atoms with Crippen LogP contribution in [0.4, 0.5) is 33.3 Å². The molecule has 3 aromatic carbocycles. The summed E-state index contributed by atoms with van der Waals surface area (Å²) in [6.45, 7) is 0. The van der Waals surface area contributed by atoms with Gasteiger partial charge in [-0.3, -0.25) is 24.1 Å². The van der Waals surface area contributed by atoms with Gasteiger partial charge in [-0.2, -0.15) is 0 Å². The van der Waals surface area contributed by atoms with Crippen molar-refractivity contribution in [2.75, 3.05) is 9.80 Å². The van der Waals surface area contributed by atoms with Gasteiger partial charge in [-0.05, 0) is 83.8 Å². The van der Waals surface area contributed by atoms with Crippen LogP contribution in [0.2, 0.25) is 5.02 Å². The molecular formula is C32H17Cl3F5IN2O5. The number of phenolic OH excluding ortho intramolecular Hbond substituents is 1. The van der Waals surface area contributed by atoms with Crippen LogP contribution < -0.4 is 9.80 Å². The number of aromatic hydroxyl groups is 1. The highest BCUT2D eigenvalue weighted by Crippen LogP contribution is 2.67. The first kappa shape index (κ1) is 33.2. The number of allylic oxidation sites excluding steroid dienone is 2. The van der Waals surface area contributed by atoms with E-state index in [1.165, 1.54) is 18.2 Å². The molecule has 16 heteroatoms. The number of phenols is 1. The molecule has 2 heterocycles. The number of fused-ring (bicyclic) bond motifs is 4. The number of alkyl halides is 2. The number of rotatable bonds is 3. The first-order valence-corrected chi connectivity index (χ1v) is 16.4. The Balaban J connectivity index is 1.44. The van der Waals surface area contributed by atoms with Crippen molar-refractivity contribution in [2.24, 2.45) is 17.8 Å². The average molecular weight is 838 g/mol. The summed E-state index contributed by atoms with van der Waals surface area (Å²) in [7, 11) is 0. The van der Waals surface area contributed by atoms with E-state index in [0.29, 0.717) is 0 Å². The Morgan fingerprint density at radius 1 is 0.792 bits per heavy atom. The third kappa shape index (κ3) is 4.22. The lowest BCUT2D eigenvalue weighted by Crippen LogP contribution is -2.60. The Hall–Kier alpha value is -3.27. The fraction of sp³-hybridized carbons (Fsp3) is 0.250. The number of carbonyl (C=O) groups excluding carboxylic acids is 4. The number of hydrogen-bond donors (Lipinski definition) is 1. The average Bonchev–Trinajstić information content (AvgIpc) is 3.39. The number of carbonyl (C=O) groups is 4. The van der Waals surface area contributed by atoms with E-state index in [0.717, 1.165) is 14.5 Å². The summed E-state index contributed by atoms with van der Waals surface area (Å²) in [4.78, 5) is 51.5. The molecule has 1 saturated carbocycles. The van der Waals surface area contributed by atoms with Gasteiger partial charge >= 0.3 is 0 Å². The van der Waals surface area contributed by atoms with Crippen molar-refractivity contribution < 1.29 is 46.2 Å². The first-order chi connectivity index (χ1) is 22.6. The lowest BCUT2D eigenvalue weighted by atomic mass is 9.56. The van der Waals surface area contributed by atoms with E-state index in [-0.39, 0.29) is 33.2 Å². The van der Waals surface area contributed by atoms with Gasteiger partial charge in [-0.25, -0.2) is 26.9 Å². The largest absolute Gasteiger partial charge is 0.508 e. The van der Waals surface area contributed by atoms with Crippen molar-refractivity contribution in [1.29, 1.82) is 0 Å². The van der Waals surface area contributed by atoms with E-state index in [2.05, 4.69) is 22.6 Å². The molecule has 0 spiro atoms. The number of imide groups is 2. The van der Waals surface area contributed by atoms with Crippen LogP contribution in [0.25, 0.3) is 0 Å². The predicted molar refractivity (Wildman–Crippen MR) is 171 cm³/mol. The second-order valence-electron chi connectivity index (χ2n) is 11.9. The maximum absolute atomic E-state index is 15.2. The van der Waals surface area contributed by atoms with Gasteiger partial charge < -0.3 is 5.11 Å². The van der Waals surface area contributed by atoms with Crippen LogP contribution in [-0.4, -0.2) is 38.5 Å². The zero-order valence-electron chi connectivity index (χ0n) is 23.7. The number of anilines is 2. The van der Waals surface area contributed by atoms with Gasteiger partial charge in [0.15, 0.2) is 33.0 Å². The minimum absolute atomic E-state index is 0.0186. The summed E-state index contributed by atoms with van der Waals surface area (Å²) in [6.07, 6.45) is 0.809. The molecule has 1 N–H and O–H groups in total. The SMILES string of the molecule is O=C1[C@H]2[C@H](CC=C3[C@H]2C[C@@]2(Cl)C(=O)N(c4c(F)c(F)c(F)c(F)c4F)C(=O)[C@@]2(Cl)[C@H]3c2cc(Cl)ccc2O)C(=O)N1c1ccc(I)cc1. The highest BCUT2D eigenvalue weighted by Gasteiger charge is 2.77. The minimum atomic E-state index is -2.77. The summed E-state index contributed by atoms with van der Waals surface area (Å²) >= 11 is 22.4. The minimum Gasteiger partial charge on any atom is -0.508 e. The molecule has 0 bridgehead atoms. The van der Waals surface area contributed by atoms with Crippen molar-refractivity contribution in [2.45, 2.75) is 28.5 Å². The van der Waals surface area contributed by atoms with Crippen LogP contribution in [0.1, 0.15) is 24.3 Å². The molecule has 7 nitrogen and oxygen atoms in total. The van der Waals surface area contributed by atoms with E-state index in [9.17, 15) is 37.5 Å². The Kier molecular flexibility index (Phi) is 7.70. The van der Waals surface area contributed by atoms with Crippen LogP contribution in [0.3, 0.4) is 0 Å². The molecule has 2 aliphatic heterocycles. The highest BCUT2D eigenvalue weighted by molar-refractivity contribution is 14.1. The van der Waals surface area contributed by atoms with Crippen LogP contribution in [0, 0.1) is 50.4 Å². The summed E-state index contributed by atoms with van der Waals surface area (Å²) in [5.74, 6) is -22.3. The molecule has 0 unspecified atom stereocenters. The Bertz CT molecular complexity index is 2020. The van der Waals surface area contributed by atoms with Crippen LogP contribution in [0.15, 0.2) is 54.1 Å². The van der Waals surface area contributed by atoms with E-state index in [1.807, 2.05) is 0 Å². The normalized spacial score (nSPS) is 29.6. The predicted octanol–water partition coefficient (Wildman–Crippen LogP) is 7.11. The molecule has 248 valence electrons. The zero-order valence-corrected chi connectivity index (χ0v) is 28.1. The maximum Gasteiger partial charge on any atom is 0.258 e. The van der Waals surface area contributed by atoms with Gasteiger partial charge in [0, 0.05) is 20.1 Å². The Morgan fingerprint density at radius 2 is 1.40 bits per heavy atom. The van der Waals surface area contributed by atoms with E-state index >= 15 is 8.78 Å². The third-order valence-electron chi connectivity index (χ3n) is 9.61. The molecule has 3 fully saturated rings. The fourth-order valence-electron chi connectivity index (χ4n) is 7.51. The zero-order chi connectivity index (χ0) is 34.8. The molecule has 0 aromatic heterocycles. The number of benzene rings is 3. The summed E-state index contributed by atoms with van der Waals surface area (Å²) < 4.78 is 73.9. The van der Waals surface area contributed by atoms with Gasteiger partial charge in [-0.15, -0.1) is 23.2 Å². The van der Waals surface area contributed by atoms with Crippen LogP contribution in [-0.2, 0) is 19.2 Å². The molecule has 6 atom stereocenters. The van der Waals surface area contributed by atoms with Crippen molar-refractivity contribution in [3.05, 3.63) is 97.4 Å². The molecule has 3 aromatic rings. The first-order valence-electron chi connectivity index (χ1n) is 14.2. The Morgan fingerprint density at radius 3 is 2.02 bits per heavy atom. The van der Waals surface area contributed by atoms with Crippen molar-refractivity contribution >= 4 is 92.4 Å². The molecule has 4 aliphatic rings. The van der Waals surface area contributed by atoms with E-state index < -0.39 is 104 Å². The number of halogens is 9. The number of hydrogen-bond acceptors (Lipinski definition) is 5. The molecule has 2 saturated heterocycles. The molecule has 4 amide bonds. The van der Waals surface area contributed by atoms with Gasteiger partial charge in [0.2, 0.25) is 17.6 Å². The van der Waals surface area contributed by atoms with Gasteiger partial charge in [0.1, 0.15) is 11.4 Å². The quantitative estimate of drug-likeness (QED) is 0.0578. The van der Waals surface area contributed by atoms with Crippen LogP contribution >= 0.6 is 57.4 Å². The monoisotopic (exact) mass is 836 g/mol. The molecular weight excluding hydrogens is 821 g/mol. The van der Waals surface area contributed by atoms with Crippen LogP contribution in [0.5, 0.6) is 5.75 Å². The summed E-state index contributed by atoms with van der Waals surface area (Å²) in [5.41, 5.74) is -1.61. The molecule has 2 aliphatic carbocycles. The lowest BCUT2D eigenvalue weighted by Gasteiger charge is -2.50. The number of nitrogens with zero attached hydrogens (tertiary/aromatic N) is 2. The standard InChI is InChI=1S/C32H17Cl3F5IN2O5/c33-11-1-8-18(44)16(9-11)20-14-6-7-15-19(28(46)42(27(15)45)13-4-2-12(41)3-5-13)17(14)10-31(34)29(47)43(30(48)32(20,31)35)26-24(39)22(37)21(36)23(38)25(26)40/h1-6,8-9,15,17,19-20,44H,7,10H2/t15-,17+,19-,20+,31+,32-/m0/s1. The van der Waals surface area contributed by atoms with Gasteiger partial charge in [-0.1, -0.05) is 23.3 Å². The maximum atomic E-state index is 15.2. The molecule has 0 radical (unpaired) electrons. The fourth-order valence-corrected chi connectivity index (χ4v) is 8.98. The van der Waals surface area contributed by atoms with Gasteiger partial charge in [0.05, 0.1) is 17.5 Å². The Labute approximate surface area is 296 Å². The second kappa shape index (κ2) is 11.1. The van der Waals surface area contributed by atoms with E-state index in [4.69, 9.17) is 34.8 Å².